The Morgan fingerprint density at radius 2 is 1.97 bits per heavy atom. The van der Waals surface area contributed by atoms with Crippen LogP contribution in [-0.2, 0) is 0 Å². The molecule has 0 saturated carbocycles. The molecule has 5 heterocycles. The Morgan fingerprint density at radius 3 is 2.67 bits per heavy atom. The van der Waals surface area contributed by atoms with Gasteiger partial charge in [-0.3, -0.25) is 9.69 Å². The lowest BCUT2D eigenvalue weighted by molar-refractivity contribution is 0.0938. The maximum atomic E-state index is 13.4. The normalized spacial score (nSPS) is 15.1. The molecule has 1 amide bonds. The molecule has 1 aliphatic heterocycles. The summed E-state index contributed by atoms with van der Waals surface area (Å²) < 4.78 is 1.73. The number of piperidine rings is 1. The Morgan fingerprint density at radius 1 is 1.18 bits per heavy atom. The standard InChI is InChI=1S/C28H34N8O2S/c1-4-34(5-2)19(3)17-29-28(37)20-15-24(31-26(16-20)35-11-8-21(33-38)9-12-35)22-18-30-36-13-10-23(32-27(22)36)25-7-6-14-39-25/h6-7,10,13-16,18-19,21H,4-5,8-9,11-12,17H2,1-3H3,(H,29,37)/t19-/m0/s1. The van der Waals surface area contributed by atoms with Crippen molar-refractivity contribution in [1.29, 1.82) is 0 Å². The number of carbonyl (C=O) groups is 1. The summed E-state index contributed by atoms with van der Waals surface area (Å²) in [6.07, 6.45) is 4.98. The van der Waals surface area contributed by atoms with Gasteiger partial charge in [-0.25, -0.2) is 14.5 Å². The number of likely N-dealkylation sites (N-methyl/N-ethyl adjacent to an activating group) is 1. The fourth-order valence-electron chi connectivity index (χ4n) is 5.08. The van der Waals surface area contributed by atoms with Crippen LogP contribution in [0.5, 0.6) is 0 Å². The first kappa shape index (κ1) is 26.9. The molecule has 0 bridgehead atoms. The molecule has 4 aromatic rings. The number of hydrogen-bond acceptors (Lipinski definition) is 9. The number of nitrogens with zero attached hydrogens (tertiary/aromatic N) is 7. The highest BCUT2D eigenvalue weighted by Gasteiger charge is 2.23. The SMILES string of the molecule is CCN(CC)[C@@H](C)CNC(=O)c1cc(-c2cnn3ccc(-c4cccs4)nc23)nc(N2CCC(N=O)CC2)c1. The van der Waals surface area contributed by atoms with Gasteiger partial charge in [0.15, 0.2) is 5.65 Å². The molecule has 1 atom stereocenters. The number of pyridine rings is 1. The molecule has 1 aliphatic rings. The summed E-state index contributed by atoms with van der Waals surface area (Å²) in [5, 5.41) is 12.9. The summed E-state index contributed by atoms with van der Waals surface area (Å²) in [6, 6.07) is 9.69. The predicted molar refractivity (Wildman–Crippen MR) is 155 cm³/mol. The first-order valence-corrected chi connectivity index (χ1v) is 14.4. The van der Waals surface area contributed by atoms with Crippen LogP contribution in [0, 0.1) is 4.91 Å². The zero-order valence-electron chi connectivity index (χ0n) is 22.6. The van der Waals surface area contributed by atoms with Crippen LogP contribution in [0.4, 0.5) is 5.82 Å². The third-order valence-corrected chi connectivity index (χ3v) is 8.32. The van der Waals surface area contributed by atoms with Gasteiger partial charge in [0.1, 0.15) is 5.82 Å². The van der Waals surface area contributed by atoms with E-state index < -0.39 is 0 Å². The molecule has 0 aliphatic carbocycles. The maximum absolute atomic E-state index is 13.4. The number of nitroso groups, excluding NO2 is 1. The van der Waals surface area contributed by atoms with E-state index in [9.17, 15) is 9.70 Å². The summed E-state index contributed by atoms with van der Waals surface area (Å²) >= 11 is 1.63. The number of aromatic nitrogens is 4. The molecule has 0 unspecified atom stereocenters. The van der Waals surface area contributed by atoms with Crippen LogP contribution in [-0.4, -0.2) is 75.2 Å². The fraction of sp³-hybridized carbons (Fsp3) is 0.429. The number of nitrogens with one attached hydrogen (secondary N) is 1. The van der Waals surface area contributed by atoms with Crippen molar-refractivity contribution < 1.29 is 4.79 Å². The highest BCUT2D eigenvalue weighted by atomic mass is 32.1. The third-order valence-electron chi connectivity index (χ3n) is 7.42. The average molecular weight is 547 g/mol. The molecule has 0 spiro atoms. The minimum Gasteiger partial charge on any atom is -0.356 e. The Hall–Kier alpha value is -3.70. The molecule has 11 heteroatoms. The van der Waals surface area contributed by atoms with Gasteiger partial charge in [0, 0.05) is 37.4 Å². The van der Waals surface area contributed by atoms with E-state index in [4.69, 9.17) is 9.97 Å². The van der Waals surface area contributed by atoms with Crippen LogP contribution in [0.15, 0.2) is 53.3 Å². The minimum atomic E-state index is -0.173. The van der Waals surface area contributed by atoms with E-state index in [2.05, 4.69) is 46.2 Å². The van der Waals surface area contributed by atoms with Gasteiger partial charge < -0.3 is 10.2 Å². The van der Waals surface area contributed by atoms with Gasteiger partial charge in [-0.2, -0.15) is 10.0 Å². The molecule has 10 nitrogen and oxygen atoms in total. The summed E-state index contributed by atoms with van der Waals surface area (Å²) in [5.74, 6) is 0.555. The topological polar surface area (TPSA) is 108 Å². The van der Waals surface area contributed by atoms with Gasteiger partial charge in [0.05, 0.1) is 34.1 Å². The number of carbonyl (C=O) groups excluding carboxylic acids is 1. The Balaban J connectivity index is 1.50. The van der Waals surface area contributed by atoms with Crippen LogP contribution in [0.1, 0.15) is 44.0 Å². The quantitative estimate of drug-likeness (QED) is 0.287. The lowest BCUT2D eigenvalue weighted by Crippen LogP contribution is -2.42. The lowest BCUT2D eigenvalue weighted by atomic mass is 10.1. The molecule has 204 valence electrons. The van der Waals surface area contributed by atoms with Crippen molar-refractivity contribution in [2.24, 2.45) is 5.18 Å². The Bertz CT molecular complexity index is 1420. The van der Waals surface area contributed by atoms with Crippen molar-refractivity contribution in [3.05, 3.63) is 58.6 Å². The Kier molecular flexibility index (Phi) is 8.27. The summed E-state index contributed by atoms with van der Waals surface area (Å²) in [5.41, 5.74) is 3.46. The van der Waals surface area contributed by atoms with E-state index >= 15 is 0 Å². The van der Waals surface area contributed by atoms with Gasteiger partial charge in [-0.1, -0.05) is 25.1 Å². The lowest BCUT2D eigenvalue weighted by Gasteiger charge is -2.30. The highest BCUT2D eigenvalue weighted by molar-refractivity contribution is 7.13. The summed E-state index contributed by atoms with van der Waals surface area (Å²) in [7, 11) is 0. The Labute approximate surface area is 232 Å². The largest absolute Gasteiger partial charge is 0.356 e. The van der Waals surface area contributed by atoms with Crippen molar-refractivity contribution in [3.63, 3.8) is 0 Å². The van der Waals surface area contributed by atoms with Crippen LogP contribution in [0.3, 0.4) is 0 Å². The zero-order valence-corrected chi connectivity index (χ0v) is 23.4. The second-order valence-electron chi connectivity index (χ2n) is 9.82. The third kappa shape index (κ3) is 5.84. The molecule has 1 saturated heterocycles. The van der Waals surface area contributed by atoms with Crippen molar-refractivity contribution in [2.75, 3.05) is 37.6 Å². The molecule has 39 heavy (non-hydrogen) atoms. The second kappa shape index (κ2) is 12.0. The number of hydrogen-bond donors (Lipinski definition) is 1. The van der Waals surface area contributed by atoms with Crippen molar-refractivity contribution in [1.82, 2.24) is 29.8 Å². The fourth-order valence-corrected chi connectivity index (χ4v) is 5.77. The van der Waals surface area contributed by atoms with Crippen LogP contribution < -0.4 is 10.2 Å². The first-order valence-electron chi connectivity index (χ1n) is 13.5. The predicted octanol–water partition coefficient (Wildman–Crippen LogP) is 4.72. The van der Waals surface area contributed by atoms with E-state index in [1.165, 1.54) is 0 Å². The van der Waals surface area contributed by atoms with Crippen LogP contribution in [0.2, 0.25) is 0 Å². The van der Waals surface area contributed by atoms with Gasteiger partial charge in [-0.15, -0.1) is 11.3 Å². The number of anilines is 1. The molecule has 1 fully saturated rings. The molecule has 0 radical (unpaired) electrons. The zero-order chi connectivity index (χ0) is 27.4. The molecule has 0 aromatic carbocycles. The second-order valence-corrected chi connectivity index (χ2v) is 10.8. The van der Waals surface area contributed by atoms with Crippen molar-refractivity contribution in [2.45, 2.75) is 45.7 Å². The smallest absolute Gasteiger partial charge is 0.251 e. The van der Waals surface area contributed by atoms with Crippen LogP contribution in [0.25, 0.3) is 27.5 Å². The minimum absolute atomic E-state index is 0.146. The number of thiophene rings is 1. The molecule has 5 rings (SSSR count). The summed E-state index contributed by atoms with van der Waals surface area (Å²) in [4.78, 5) is 39.8. The maximum Gasteiger partial charge on any atom is 0.251 e. The van der Waals surface area contributed by atoms with Gasteiger partial charge in [0.25, 0.3) is 5.91 Å². The van der Waals surface area contributed by atoms with E-state index in [1.54, 1.807) is 22.0 Å². The molecular formula is C28H34N8O2S. The number of fused-ring (bicyclic) bond motifs is 1. The van der Waals surface area contributed by atoms with Crippen molar-refractivity contribution in [3.8, 4) is 21.8 Å². The first-order chi connectivity index (χ1) is 19.0. The number of rotatable bonds is 10. The van der Waals surface area contributed by atoms with E-state index in [0.29, 0.717) is 55.2 Å². The van der Waals surface area contributed by atoms with E-state index in [0.717, 1.165) is 29.2 Å². The van der Waals surface area contributed by atoms with Crippen LogP contribution >= 0.6 is 11.3 Å². The summed E-state index contributed by atoms with van der Waals surface area (Å²) in [6.45, 7) is 10.1. The van der Waals surface area contributed by atoms with Crippen molar-refractivity contribution >= 4 is 28.7 Å². The molecule has 4 aromatic heterocycles. The van der Waals surface area contributed by atoms with Gasteiger partial charge >= 0.3 is 0 Å². The monoisotopic (exact) mass is 546 g/mol. The highest BCUT2D eigenvalue weighted by Crippen LogP contribution is 2.30. The molecular weight excluding hydrogens is 512 g/mol. The van der Waals surface area contributed by atoms with Gasteiger partial charge in [-0.05, 0) is 62.5 Å². The van der Waals surface area contributed by atoms with E-state index in [-0.39, 0.29) is 18.0 Å². The van der Waals surface area contributed by atoms with Gasteiger partial charge in [0.2, 0.25) is 0 Å². The average Bonchev–Trinajstić information content (AvgIpc) is 3.66. The molecule has 1 N–H and O–H groups in total. The van der Waals surface area contributed by atoms with E-state index in [1.807, 2.05) is 41.9 Å². The number of amides is 1.